The second-order valence-corrected chi connectivity index (χ2v) is 5.16. The van der Waals surface area contributed by atoms with Crippen LogP contribution in [0.25, 0.3) is 0 Å². The van der Waals surface area contributed by atoms with E-state index < -0.39 is 0 Å². The first kappa shape index (κ1) is 14.5. The molecule has 2 aromatic rings. The van der Waals surface area contributed by atoms with Crippen LogP contribution < -0.4 is 15.0 Å². The van der Waals surface area contributed by atoms with Crippen LogP contribution in [0.15, 0.2) is 42.5 Å². The van der Waals surface area contributed by atoms with Gasteiger partial charge < -0.3 is 15.0 Å². The van der Waals surface area contributed by atoms with Gasteiger partial charge in [-0.05, 0) is 30.3 Å². The number of hydrogen-bond acceptors (Lipinski definition) is 3. The van der Waals surface area contributed by atoms with E-state index in [0.717, 1.165) is 22.7 Å². The molecule has 3 nitrogen and oxygen atoms in total. The van der Waals surface area contributed by atoms with Gasteiger partial charge in [0, 0.05) is 31.2 Å². The maximum Gasteiger partial charge on any atom is 0.123 e. The molecule has 0 radical (unpaired) electrons. The van der Waals surface area contributed by atoms with Crippen molar-refractivity contribution in [3.8, 4) is 5.75 Å². The van der Waals surface area contributed by atoms with Crippen molar-refractivity contribution in [2.45, 2.75) is 6.54 Å². The minimum absolute atomic E-state index is 0.661. The maximum atomic E-state index is 6.05. The third kappa shape index (κ3) is 3.36. The third-order valence-electron chi connectivity index (χ3n) is 3.10. The van der Waals surface area contributed by atoms with Gasteiger partial charge in [-0.1, -0.05) is 23.7 Å². The van der Waals surface area contributed by atoms with E-state index in [9.17, 15) is 0 Å². The Bertz CT molecular complexity index is 584. The van der Waals surface area contributed by atoms with Crippen molar-refractivity contribution in [1.29, 1.82) is 0 Å². The second-order valence-electron chi connectivity index (χ2n) is 4.72. The molecule has 2 rings (SSSR count). The van der Waals surface area contributed by atoms with E-state index in [0.29, 0.717) is 11.6 Å². The Morgan fingerprint density at radius 2 is 1.90 bits per heavy atom. The highest BCUT2D eigenvalue weighted by atomic mass is 35.5. The van der Waals surface area contributed by atoms with Gasteiger partial charge in [0.25, 0.3) is 0 Å². The highest BCUT2D eigenvalue weighted by Crippen LogP contribution is 2.27. The summed E-state index contributed by atoms with van der Waals surface area (Å²) in [5.74, 6) is 0.837. The quantitative estimate of drug-likeness (QED) is 0.900. The molecule has 106 valence electrons. The zero-order valence-electron chi connectivity index (χ0n) is 12.0. The number of benzene rings is 2. The normalized spacial score (nSPS) is 10.2. The Morgan fingerprint density at radius 1 is 1.15 bits per heavy atom. The molecule has 0 aromatic heterocycles. The van der Waals surface area contributed by atoms with Gasteiger partial charge >= 0.3 is 0 Å². The van der Waals surface area contributed by atoms with Crippen molar-refractivity contribution in [3.63, 3.8) is 0 Å². The van der Waals surface area contributed by atoms with E-state index in [1.165, 1.54) is 0 Å². The molecule has 0 saturated carbocycles. The maximum absolute atomic E-state index is 6.05. The molecule has 0 saturated heterocycles. The van der Waals surface area contributed by atoms with Crippen LogP contribution in [-0.2, 0) is 6.54 Å². The average Bonchev–Trinajstić information content (AvgIpc) is 2.45. The lowest BCUT2D eigenvalue weighted by atomic mass is 10.2. The lowest BCUT2D eigenvalue weighted by Crippen LogP contribution is -2.12. The summed E-state index contributed by atoms with van der Waals surface area (Å²) in [4.78, 5) is 2.08. The fourth-order valence-electron chi connectivity index (χ4n) is 2.09. The summed E-state index contributed by atoms with van der Waals surface area (Å²) >= 11 is 6.05. The van der Waals surface area contributed by atoms with Gasteiger partial charge in [0.15, 0.2) is 0 Å². The highest BCUT2D eigenvalue weighted by molar-refractivity contribution is 6.30. The number of hydrogen-bond donors (Lipinski definition) is 1. The smallest absolute Gasteiger partial charge is 0.123 e. The summed E-state index contributed by atoms with van der Waals surface area (Å²) in [6.45, 7) is 0.661. The van der Waals surface area contributed by atoms with Crippen molar-refractivity contribution < 1.29 is 4.74 Å². The monoisotopic (exact) mass is 290 g/mol. The molecule has 0 aliphatic rings. The molecule has 0 fully saturated rings. The molecule has 0 unspecified atom stereocenters. The van der Waals surface area contributed by atoms with Crippen LogP contribution in [0.2, 0.25) is 5.02 Å². The van der Waals surface area contributed by atoms with E-state index in [-0.39, 0.29) is 0 Å². The Balaban J connectivity index is 2.19. The molecule has 0 aliphatic heterocycles. The van der Waals surface area contributed by atoms with Gasteiger partial charge in [-0.25, -0.2) is 0 Å². The first-order valence-electron chi connectivity index (χ1n) is 6.44. The summed E-state index contributed by atoms with van der Waals surface area (Å²) in [7, 11) is 5.72. The molecular weight excluding hydrogens is 272 g/mol. The first-order chi connectivity index (χ1) is 9.61. The molecule has 0 bridgehead atoms. The van der Waals surface area contributed by atoms with Gasteiger partial charge in [0.1, 0.15) is 5.75 Å². The van der Waals surface area contributed by atoms with Crippen molar-refractivity contribution >= 4 is 23.0 Å². The predicted molar refractivity (Wildman–Crippen MR) is 86.1 cm³/mol. The summed E-state index contributed by atoms with van der Waals surface area (Å²) in [5.41, 5.74) is 3.27. The van der Waals surface area contributed by atoms with Crippen molar-refractivity contribution in [3.05, 3.63) is 53.1 Å². The standard InChI is InChI=1S/C16H19ClN2O/c1-19(2)15-7-5-4-6-14(15)18-11-12-10-13(17)8-9-16(12)20-3/h4-10,18H,11H2,1-3H3. The van der Waals surface area contributed by atoms with E-state index in [1.54, 1.807) is 7.11 Å². The van der Waals surface area contributed by atoms with E-state index in [4.69, 9.17) is 16.3 Å². The average molecular weight is 291 g/mol. The van der Waals surface area contributed by atoms with Gasteiger partial charge in [0.05, 0.1) is 18.5 Å². The summed E-state index contributed by atoms with van der Waals surface area (Å²) in [6.07, 6.45) is 0. The van der Waals surface area contributed by atoms with E-state index in [1.807, 2.05) is 44.4 Å². The van der Waals surface area contributed by atoms with Gasteiger partial charge in [-0.15, -0.1) is 0 Å². The number of rotatable bonds is 5. The van der Waals surface area contributed by atoms with Gasteiger partial charge in [-0.2, -0.15) is 0 Å². The molecule has 0 heterocycles. The zero-order valence-corrected chi connectivity index (χ0v) is 12.7. The summed E-state index contributed by atoms with van der Waals surface area (Å²) in [5, 5.41) is 4.14. The third-order valence-corrected chi connectivity index (χ3v) is 3.33. The largest absolute Gasteiger partial charge is 0.496 e. The molecule has 0 aliphatic carbocycles. The number of methoxy groups -OCH3 is 1. The van der Waals surface area contributed by atoms with Crippen LogP contribution >= 0.6 is 11.6 Å². The molecular formula is C16H19ClN2O. The Morgan fingerprint density at radius 3 is 2.60 bits per heavy atom. The number of halogens is 1. The van der Waals surface area contributed by atoms with Crippen molar-refractivity contribution in [2.24, 2.45) is 0 Å². The fraction of sp³-hybridized carbons (Fsp3) is 0.250. The fourth-order valence-corrected chi connectivity index (χ4v) is 2.28. The predicted octanol–water partition coefficient (Wildman–Crippen LogP) is 4.03. The molecule has 20 heavy (non-hydrogen) atoms. The van der Waals surface area contributed by atoms with Crippen LogP contribution in [0.3, 0.4) is 0 Å². The van der Waals surface area contributed by atoms with Crippen molar-refractivity contribution in [2.75, 3.05) is 31.4 Å². The summed E-state index contributed by atoms with van der Waals surface area (Å²) < 4.78 is 5.36. The van der Waals surface area contributed by atoms with Gasteiger partial charge in [-0.3, -0.25) is 0 Å². The topological polar surface area (TPSA) is 24.5 Å². The lowest BCUT2D eigenvalue weighted by Gasteiger charge is -2.19. The number of para-hydroxylation sites is 2. The number of ether oxygens (including phenoxy) is 1. The molecule has 0 spiro atoms. The number of nitrogens with zero attached hydrogens (tertiary/aromatic N) is 1. The highest BCUT2D eigenvalue weighted by Gasteiger charge is 2.06. The molecule has 0 amide bonds. The van der Waals surface area contributed by atoms with Crippen LogP contribution in [0.5, 0.6) is 5.75 Å². The lowest BCUT2D eigenvalue weighted by molar-refractivity contribution is 0.410. The van der Waals surface area contributed by atoms with Gasteiger partial charge in [0.2, 0.25) is 0 Å². The Kier molecular flexibility index (Phi) is 4.74. The summed E-state index contributed by atoms with van der Waals surface area (Å²) in [6, 6.07) is 13.8. The number of nitrogens with one attached hydrogen (secondary N) is 1. The van der Waals surface area contributed by atoms with Crippen LogP contribution in [0.1, 0.15) is 5.56 Å². The molecule has 2 aromatic carbocycles. The number of anilines is 2. The zero-order chi connectivity index (χ0) is 14.5. The van der Waals surface area contributed by atoms with E-state index in [2.05, 4.69) is 22.3 Å². The van der Waals surface area contributed by atoms with Crippen molar-refractivity contribution in [1.82, 2.24) is 0 Å². The SMILES string of the molecule is COc1ccc(Cl)cc1CNc1ccccc1N(C)C. The molecule has 0 atom stereocenters. The minimum atomic E-state index is 0.661. The van der Waals surface area contributed by atoms with Crippen LogP contribution in [0.4, 0.5) is 11.4 Å². The first-order valence-corrected chi connectivity index (χ1v) is 6.82. The minimum Gasteiger partial charge on any atom is -0.496 e. The van der Waals surface area contributed by atoms with Crippen LogP contribution in [-0.4, -0.2) is 21.2 Å². The Hall–Kier alpha value is -1.87. The second kappa shape index (κ2) is 6.53. The Labute approximate surface area is 125 Å². The molecule has 1 N–H and O–H groups in total. The molecule has 4 heteroatoms. The van der Waals surface area contributed by atoms with Crippen LogP contribution in [0, 0.1) is 0 Å². The van der Waals surface area contributed by atoms with E-state index >= 15 is 0 Å².